The lowest BCUT2D eigenvalue weighted by atomic mass is 10.7. The molecule has 0 bridgehead atoms. The first-order valence-electron chi connectivity index (χ1n) is 4.74. The van der Waals surface area contributed by atoms with Crippen LogP contribution in [-0.4, -0.2) is 45.7 Å². The molecule has 0 aliphatic rings. The van der Waals surface area contributed by atoms with Crippen molar-refractivity contribution in [1.82, 2.24) is 19.0 Å². The molecule has 0 saturated carbocycles. The lowest BCUT2D eigenvalue weighted by Crippen LogP contribution is -2.34. The first kappa shape index (κ1) is 15.4. The highest BCUT2D eigenvalue weighted by Gasteiger charge is 2.21. The van der Waals surface area contributed by atoms with Crippen molar-refractivity contribution in [3.63, 3.8) is 0 Å². The Labute approximate surface area is 110 Å². The van der Waals surface area contributed by atoms with Crippen LogP contribution in [0.1, 0.15) is 0 Å². The van der Waals surface area contributed by atoms with Gasteiger partial charge in [-0.2, -0.15) is 0 Å². The number of nitrogens with zero attached hydrogens (tertiary/aromatic N) is 2. The Balaban J connectivity index is 2.64. The summed E-state index contributed by atoms with van der Waals surface area (Å²) in [4.78, 5) is 3.66. The zero-order valence-electron chi connectivity index (χ0n) is 9.71. The van der Waals surface area contributed by atoms with Gasteiger partial charge in [0.1, 0.15) is 5.15 Å². The van der Waals surface area contributed by atoms with E-state index in [1.165, 1.54) is 10.9 Å². The minimum absolute atomic E-state index is 0.0152. The summed E-state index contributed by atoms with van der Waals surface area (Å²) in [6.45, 7) is -0.148. The maximum atomic E-state index is 11.7. The molecular weight excluding hydrogens is 304 g/mol. The maximum absolute atomic E-state index is 11.7. The lowest BCUT2D eigenvalue weighted by molar-refractivity contribution is 0.571. The van der Waals surface area contributed by atoms with Crippen LogP contribution in [0.2, 0.25) is 5.15 Å². The first-order valence-corrected chi connectivity index (χ1v) is 8.50. The number of imidazole rings is 1. The molecule has 0 unspecified atom stereocenters. The number of aromatic nitrogens is 2. The Morgan fingerprint density at radius 2 is 1.83 bits per heavy atom. The van der Waals surface area contributed by atoms with Gasteiger partial charge in [0.15, 0.2) is 0 Å². The average molecular weight is 317 g/mol. The minimum Gasteiger partial charge on any atom is -0.324 e. The molecule has 1 heterocycles. The van der Waals surface area contributed by atoms with Crippen molar-refractivity contribution in [1.29, 1.82) is 0 Å². The molecule has 104 valence electrons. The van der Waals surface area contributed by atoms with Crippen LogP contribution >= 0.6 is 11.6 Å². The third-order valence-corrected chi connectivity index (χ3v) is 4.55. The normalized spacial score (nSPS) is 12.8. The molecule has 0 aliphatic heterocycles. The summed E-state index contributed by atoms with van der Waals surface area (Å²) in [6, 6.07) is 0. The quantitative estimate of drug-likeness (QED) is 0.647. The fourth-order valence-electron chi connectivity index (χ4n) is 1.06. The van der Waals surface area contributed by atoms with E-state index in [0.29, 0.717) is 0 Å². The van der Waals surface area contributed by atoms with E-state index in [9.17, 15) is 16.8 Å². The van der Waals surface area contributed by atoms with Gasteiger partial charge >= 0.3 is 0 Å². The van der Waals surface area contributed by atoms with Crippen LogP contribution in [0.15, 0.2) is 11.4 Å². The second kappa shape index (κ2) is 5.53. The number of halogens is 1. The highest BCUT2D eigenvalue weighted by atomic mass is 35.5. The van der Waals surface area contributed by atoms with Gasteiger partial charge in [0.2, 0.25) is 15.0 Å². The van der Waals surface area contributed by atoms with E-state index in [4.69, 9.17) is 11.6 Å². The third kappa shape index (κ3) is 4.21. The Bertz CT molecular complexity index is 622. The molecule has 0 atom stereocenters. The van der Waals surface area contributed by atoms with Crippen molar-refractivity contribution in [3.05, 3.63) is 11.5 Å². The number of sulfonamides is 2. The molecule has 1 aromatic heterocycles. The largest absolute Gasteiger partial charge is 0.324 e. The summed E-state index contributed by atoms with van der Waals surface area (Å²) >= 11 is 5.75. The number of nitrogens with one attached hydrogen (secondary N) is 2. The van der Waals surface area contributed by atoms with Gasteiger partial charge in [-0.1, -0.05) is 11.6 Å². The van der Waals surface area contributed by atoms with Crippen molar-refractivity contribution in [3.8, 4) is 0 Å². The van der Waals surface area contributed by atoms with E-state index in [1.54, 1.807) is 7.05 Å². The number of aryl methyl sites for hydroxylation is 1. The Kier molecular flexibility index (Phi) is 4.72. The lowest BCUT2D eigenvalue weighted by Gasteiger charge is -2.05. The number of rotatable bonds is 6. The number of hydrogen-bond acceptors (Lipinski definition) is 5. The van der Waals surface area contributed by atoms with Gasteiger partial charge in [-0.3, -0.25) is 0 Å². The predicted molar refractivity (Wildman–Crippen MR) is 66.3 cm³/mol. The van der Waals surface area contributed by atoms with Crippen molar-refractivity contribution < 1.29 is 16.8 Å². The molecular formula is C7H13ClN4O4S2. The van der Waals surface area contributed by atoms with Crippen molar-refractivity contribution in [2.24, 2.45) is 7.05 Å². The second-order valence-corrected chi connectivity index (χ2v) is 7.39. The highest BCUT2D eigenvalue weighted by Crippen LogP contribution is 2.17. The van der Waals surface area contributed by atoms with Gasteiger partial charge in [-0.25, -0.2) is 31.3 Å². The molecule has 0 saturated heterocycles. The second-order valence-electron chi connectivity index (χ2n) is 3.52. The molecule has 11 heteroatoms. The zero-order chi connectivity index (χ0) is 14.0. The monoisotopic (exact) mass is 316 g/mol. The van der Waals surface area contributed by atoms with Crippen LogP contribution in [0.3, 0.4) is 0 Å². The number of hydrogen-bond donors (Lipinski definition) is 2. The van der Waals surface area contributed by atoms with Gasteiger partial charge < -0.3 is 4.57 Å². The molecule has 0 amide bonds. The molecule has 1 rings (SSSR count). The molecule has 0 aromatic carbocycles. The van der Waals surface area contributed by atoms with Gasteiger partial charge in [-0.05, 0) is 0 Å². The summed E-state index contributed by atoms with van der Waals surface area (Å²) in [7, 11) is -5.62. The minimum atomic E-state index is -3.84. The molecule has 1 aromatic rings. The fraction of sp³-hybridized carbons (Fsp3) is 0.571. The molecule has 8 nitrogen and oxygen atoms in total. The Hall–Kier alpha value is -0.680. The molecule has 2 N–H and O–H groups in total. The van der Waals surface area contributed by atoms with Crippen LogP contribution in [-0.2, 0) is 27.1 Å². The third-order valence-electron chi connectivity index (χ3n) is 1.87. The summed E-state index contributed by atoms with van der Waals surface area (Å²) in [5.41, 5.74) is 0. The molecule has 0 fully saturated rings. The van der Waals surface area contributed by atoms with Gasteiger partial charge in [-0.15, -0.1) is 0 Å². The Morgan fingerprint density at radius 3 is 2.28 bits per heavy atom. The van der Waals surface area contributed by atoms with Crippen molar-refractivity contribution >= 4 is 31.6 Å². The summed E-state index contributed by atoms with van der Waals surface area (Å²) < 4.78 is 50.7. The van der Waals surface area contributed by atoms with Gasteiger partial charge in [0.05, 0.1) is 12.6 Å². The summed E-state index contributed by atoms with van der Waals surface area (Å²) in [5.74, 6) is 0. The van der Waals surface area contributed by atoms with Crippen LogP contribution in [0.4, 0.5) is 0 Å². The topological polar surface area (TPSA) is 110 Å². The molecule has 0 spiro atoms. The molecule has 0 radical (unpaired) electrons. The zero-order valence-corrected chi connectivity index (χ0v) is 12.1. The van der Waals surface area contributed by atoms with Gasteiger partial charge in [0, 0.05) is 20.1 Å². The predicted octanol–water partition coefficient (Wildman–Crippen LogP) is -1.10. The van der Waals surface area contributed by atoms with E-state index in [1.807, 2.05) is 0 Å². The summed E-state index contributed by atoms with van der Waals surface area (Å²) in [6.07, 6.45) is 2.25. The van der Waals surface area contributed by atoms with E-state index in [0.717, 1.165) is 6.26 Å². The van der Waals surface area contributed by atoms with E-state index < -0.39 is 20.0 Å². The fourth-order valence-corrected chi connectivity index (χ4v) is 2.99. The van der Waals surface area contributed by atoms with Crippen molar-refractivity contribution in [2.75, 3.05) is 19.3 Å². The average Bonchev–Trinajstić information content (AvgIpc) is 2.54. The molecule has 0 aliphatic carbocycles. The molecule has 18 heavy (non-hydrogen) atoms. The van der Waals surface area contributed by atoms with E-state index >= 15 is 0 Å². The first-order chi connectivity index (χ1) is 8.13. The highest BCUT2D eigenvalue weighted by molar-refractivity contribution is 7.89. The van der Waals surface area contributed by atoms with Crippen LogP contribution < -0.4 is 9.44 Å². The van der Waals surface area contributed by atoms with Crippen LogP contribution in [0, 0.1) is 0 Å². The Morgan fingerprint density at radius 1 is 1.28 bits per heavy atom. The van der Waals surface area contributed by atoms with E-state index in [-0.39, 0.29) is 23.3 Å². The SMILES string of the molecule is Cn1cnc(S(=O)(=O)NCCNS(C)(=O)=O)c1Cl. The van der Waals surface area contributed by atoms with Gasteiger partial charge in [0.25, 0.3) is 10.0 Å². The van der Waals surface area contributed by atoms with E-state index in [2.05, 4.69) is 14.4 Å². The smallest absolute Gasteiger partial charge is 0.261 e. The van der Waals surface area contributed by atoms with Crippen LogP contribution in [0.5, 0.6) is 0 Å². The van der Waals surface area contributed by atoms with Crippen LogP contribution in [0.25, 0.3) is 0 Å². The van der Waals surface area contributed by atoms with Crippen molar-refractivity contribution in [2.45, 2.75) is 5.03 Å². The summed E-state index contributed by atoms with van der Waals surface area (Å²) in [5, 5.41) is -0.301. The maximum Gasteiger partial charge on any atom is 0.261 e. The standard InChI is InChI=1S/C7H13ClN4O4S2/c1-12-5-9-7(6(12)8)18(15,16)11-4-3-10-17(2,13)14/h5,10-11H,3-4H2,1-2H3.